The number of likely N-dealkylation sites (tertiary alicyclic amines) is 1. The van der Waals surface area contributed by atoms with Gasteiger partial charge in [-0.05, 0) is 37.1 Å². The van der Waals surface area contributed by atoms with Crippen molar-refractivity contribution >= 4 is 5.91 Å². The van der Waals surface area contributed by atoms with Gasteiger partial charge in [0.15, 0.2) is 11.5 Å². The van der Waals surface area contributed by atoms with E-state index in [1.807, 2.05) is 23.1 Å². The molecule has 1 fully saturated rings. The molecule has 4 heteroatoms. The fourth-order valence-electron chi connectivity index (χ4n) is 3.57. The van der Waals surface area contributed by atoms with Gasteiger partial charge in [0.1, 0.15) is 0 Å². The van der Waals surface area contributed by atoms with Gasteiger partial charge in [-0.2, -0.15) is 0 Å². The highest BCUT2D eigenvalue weighted by Crippen LogP contribution is 2.36. The maximum Gasteiger partial charge on any atom is 0.254 e. The van der Waals surface area contributed by atoms with E-state index in [1.165, 1.54) is 5.56 Å². The molecule has 118 valence electrons. The molecule has 0 bridgehead atoms. The van der Waals surface area contributed by atoms with E-state index in [9.17, 15) is 4.79 Å². The summed E-state index contributed by atoms with van der Waals surface area (Å²) in [6.07, 6.45) is 1.00. The second-order valence-electron chi connectivity index (χ2n) is 6.11. The van der Waals surface area contributed by atoms with Crippen LogP contribution in [-0.2, 0) is 0 Å². The van der Waals surface area contributed by atoms with Crippen LogP contribution >= 0.6 is 0 Å². The maximum absolute atomic E-state index is 12.9. The van der Waals surface area contributed by atoms with E-state index in [0.29, 0.717) is 23.0 Å². The molecule has 2 atom stereocenters. The Morgan fingerprint density at radius 3 is 2.70 bits per heavy atom. The quantitative estimate of drug-likeness (QED) is 0.853. The highest BCUT2D eigenvalue weighted by Gasteiger charge is 2.35. The minimum absolute atomic E-state index is 0.0641. The molecule has 0 N–H and O–H groups in total. The van der Waals surface area contributed by atoms with Crippen LogP contribution in [0.15, 0.2) is 48.5 Å². The average Bonchev–Trinajstić information content (AvgIpc) is 3.20. The van der Waals surface area contributed by atoms with Crippen molar-refractivity contribution in [2.75, 3.05) is 13.3 Å². The monoisotopic (exact) mass is 309 g/mol. The summed E-state index contributed by atoms with van der Waals surface area (Å²) in [7, 11) is 0. The van der Waals surface area contributed by atoms with Gasteiger partial charge in [-0.1, -0.05) is 30.3 Å². The lowest BCUT2D eigenvalue weighted by Crippen LogP contribution is -2.35. The minimum Gasteiger partial charge on any atom is -0.454 e. The van der Waals surface area contributed by atoms with Crippen LogP contribution in [0.1, 0.15) is 35.2 Å². The third-order valence-corrected chi connectivity index (χ3v) is 4.86. The summed E-state index contributed by atoms with van der Waals surface area (Å²) < 4.78 is 10.7. The Morgan fingerprint density at radius 2 is 1.87 bits per heavy atom. The second-order valence-corrected chi connectivity index (χ2v) is 6.11. The average molecular weight is 309 g/mol. The zero-order valence-corrected chi connectivity index (χ0v) is 13.1. The van der Waals surface area contributed by atoms with Crippen LogP contribution in [0, 0.1) is 0 Å². The van der Waals surface area contributed by atoms with Gasteiger partial charge < -0.3 is 14.4 Å². The Labute approximate surface area is 135 Å². The van der Waals surface area contributed by atoms with E-state index in [0.717, 1.165) is 13.0 Å². The predicted molar refractivity (Wildman–Crippen MR) is 86.9 cm³/mol. The molecule has 2 aromatic carbocycles. The fraction of sp³-hybridized carbons (Fsp3) is 0.316. The van der Waals surface area contributed by atoms with Gasteiger partial charge in [-0.15, -0.1) is 0 Å². The number of hydrogen-bond donors (Lipinski definition) is 0. The zero-order valence-electron chi connectivity index (χ0n) is 13.1. The molecule has 4 nitrogen and oxygen atoms in total. The van der Waals surface area contributed by atoms with Gasteiger partial charge in [0.2, 0.25) is 6.79 Å². The van der Waals surface area contributed by atoms with Gasteiger partial charge in [-0.3, -0.25) is 4.79 Å². The first kappa shape index (κ1) is 14.1. The number of carbonyl (C=O) groups is 1. The Kier molecular flexibility index (Phi) is 3.45. The van der Waals surface area contributed by atoms with Crippen molar-refractivity contribution in [3.05, 3.63) is 59.7 Å². The number of fused-ring (bicyclic) bond motifs is 1. The van der Waals surface area contributed by atoms with Crippen LogP contribution in [0.2, 0.25) is 0 Å². The third-order valence-electron chi connectivity index (χ3n) is 4.86. The normalized spacial score (nSPS) is 22.4. The Morgan fingerprint density at radius 1 is 1.09 bits per heavy atom. The molecular formula is C19H19NO3. The number of nitrogens with zero attached hydrogens (tertiary/aromatic N) is 1. The molecular weight excluding hydrogens is 290 g/mol. The molecule has 23 heavy (non-hydrogen) atoms. The topological polar surface area (TPSA) is 38.8 Å². The van der Waals surface area contributed by atoms with Crippen LogP contribution in [0.4, 0.5) is 0 Å². The van der Waals surface area contributed by atoms with Crippen LogP contribution in [-0.4, -0.2) is 30.2 Å². The summed E-state index contributed by atoms with van der Waals surface area (Å²) >= 11 is 0. The molecule has 4 rings (SSSR count). The largest absolute Gasteiger partial charge is 0.454 e. The van der Waals surface area contributed by atoms with E-state index in [-0.39, 0.29) is 18.7 Å². The van der Waals surface area contributed by atoms with E-state index in [2.05, 4.69) is 31.2 Å². The fourth-order valence-corrected chi connectivity index (χ4v) is 3.57. The molecule has 1 amide bonds. The second kappa shape index (κ2) is 5.61. The van der Waals surface area contributed by atoms with Crippen molar-refractivity contribution in [3.8, 4) is 11.5 Å². The van der Waals surface area contributed by atoms with Crippen LogP contribution in [0.5, 0.6) is 11.5 Å². The lowest BCUT2D eigenvalue weighted by molar-refractivity contribution is 0.0741. The number of amides is 1. The van der Waals surface area contributed by atoms with Crippen LogP contribution < -0.4 is 9.47 Å². The first-order valence-corrected chi connectivity index (χ1v) is 7.99. The standard InChI is InChI=1S/C19H19NO3/c1-13-16(14-5-3-2-4-6-14)9-10-20(13)19(21)15-7-8-17-18(11-15)23-12-22-17/h2-8,11,13,16H,9-10,12H2,1H3. The number of hydrogen-bond acceptors (Lipinski definition) is 3. The van der Waals surface area contributed by atoms with E-state index in [4.69, 9.17) is 9.47 Å². The number of carbonyl (C=O) groups excluding carboxylic acids is 1. The van der Waals surface area contributed by atoms with E-state index >= 15 is 0 Å². The predicted octanol–water partition coefficient (Wildman–Crippen LogP) is 3.43. The van der Waals surface area contributed by atoms with Gasteiger partial charge >= 0.3 is 0 Å². The molecule has 2 aliphatic rings. The smallest absolute Gasteiger partial charge is 0.254 e. The van der Waals surface area contributed by atoms with E-state index in [1.54, 1.807) is 6.07 Å². The number of rotatable bonds is 2. The first-order valence-electron chi connectivity index (χ1n) is 7.99. The lowest BCUT2D eigenvalue weighted by Gasteiger charge is -2.25. The van der Waals surface area contributed by atoms with Crippen molar-refractivity contribution in [1.29, 1.82) is 0 Å². The van der Waals surface area contributed by atoms with Crippen LogP contribution in [0.3, 0.4) is 0 Å². The molecule has 0 aromatic heterocycles. The van der Waals surface area contributed by atoms with Crippen molar-refractivity contribution in [2.24, 2.45) is 0 Å². The molecule has 0 aliphatic carbocycles. The summed E-state index contributed by atoms with van der Waals surface area (Å²) in [6.45, 7) is 3.15. The molecule has 2 aliphatic heterocycles. The van der Waals surface area contributed by atoms with Crippen molar-refractivity contribution in [3.63, 3.8) is 0 Å². The molecule has 0 spiro atoms. The van der Waals surface area contributed by atoms with Gasteiger partial charge in [0.05, 0.1) is 0 Å². The number of ether oxygens (including phenoxy) is 2. The summed E-state index contributed by atoms with van der Waals surface area (Å²) in [5, 5.41) is 0. The first-order chi connectivity index (χ1) is 11.2. The maximum atomic E-state index is 12.9. The zero-order chi connectivity index (χ0) is 15.8. The Bertz CT molecular complexity index is 729. The van der Waals surface area contributed by atoms with Crippen LogP contribution in [0.25, 0.3) is 0 Å². The van der Waals surface area contributed by atoms with Gasteiger partial charge in [0, 0.05) is 24.1 Å². The molecule has 1 saturated heterocycles. The molecule has 0 saturated carbocycles. The van der Waals surface area contributed by atoms with Crippen molar-refractivity contribution in [2.45, 2.75) is 25.3 Å². The van der Waals surface area contributed by atoms with E-state index < -0.39 is 0 Å². The lowest BCUT2D eigenvalue weighted by atomic mass is 9.93. The third kappa shape index (κ3) is 2.44. The Balaban J connectivity index is 1.55. The van der Waals surface area contributed by atoms with Crippen molar-refractivity contribution in [1.82, 2.24) is 4.90 Å². The molecule has 2 unspecified atom stereocenters. The summed E-state index contributed by atoms with van der Waals surface area (Å²) in [5.74, 6) is 1.82. The summed E-state index contributed by atoms with van der Waals surface area (Å²) in [5.41, 5.74) is 1.97. The molecule has 0 radical (unpaired) electrons. The van der Waals surface area contributed by atoms with Gasteiger partial charge in [-0.25, -0.2) is 0 Å². The Hall–Kier alpha value is -2.49. The number of benzene rings is 2. The molecule has 2 heterocycles. The molecule has 2 aromatic rings. The summed E-state index contributed by atoms with van der Waals surface area (Å²) in [6, 6.07) is 16.0. The minimum atomic E-state index is 0.0641. The van der Waals surface area contributed by atoms with Crippen molar-refractivity contribution < 1.29 is 14.3 Å². The highest BCUT2D eigenvalue weighted by atomic mass is 16.7. The van der Waals surface area contributed by atoms with Gasteiger partial charge in [0.25, 0.3) is 5.91 Å². The summed E-state index contributed by atoms with van der Waals surface area (Å²) in [4.78, 5) is 14.8. The highest BCUT2D eigenvalue weighted by molar-refractivity contribution is 5.95. The SMILES string of the molecule is CC1C(c2ccccc2)CCN1C(=O)c1ccc2c(c1)OCO2.